The minimum absolute atomic E-state index is 0.0829. The van der Waals surface area contributed by atoms with Crippen LogP contribution in [0, 0.1) is 6.57 Å². The minimum Gasteiger partial charge on any atom is -0.238 e. The first-order valence-corrected chi connectivity index (χ1v) is 4.90. The number of fused-ring (bicyclic) bond motifs is 1. The van der Waals surface area contributed by atoms with Crippen LogP contribution >= 0.6 is 0 Å². The van der Waals surface area contributed by atoms with Crippen molar-refractivity contribution in [3.05, 3.63) is 51.2 Å². The summed E-state index contributed by atoms with van der Waals surface area (Å²) in [4.78, 5) is 6.35. The van der Waals surface area contributed by atoms with Crippen molar-refractivity contribution in [3.8, 4) is 0 Å². The van der Waals surface area contributed by atoms with Crippen molar-refractivity contribution in [3.63, 3.8) is 0 Å². The van der Waals surface area contributed by atoms with Gasteiger partial charge in [-0.25, -0.2) is 4.85 Å². The normalized spacial score (nSPS) is 18.5. The highest BCUT2D eigenvalue weighted by molar-refractivity contribution is 5.57. The Balaban J connectivity index is 2.54. The molecular weight excluding hydrogens is 188 g/mol. The molecule has 0 saturated carbocycles. The number of benzene rings is 1. The Morgan fingerprint density at radius 3 is 3.07 bits per heavy atom. The van der Waals surface area contributed by atoms with Crippen LogP contribution in [0.25, 0.3) is 15.3 Å². The quantitative estimate of drug-likeness (QED) is 0.284. The fourth-order valence-corrected chi connectivity index (χ4v) is 2.09. The molecule has 2 rings (SSSR count). The number of nitrogens with zero attached hydrogens (tertiary/aromatic N) is 4. The molecular formula is C11H10N4. The first-order valence-electron chi connectivity index (χ1n) is 4.90. The van der Waals surface area contributed by atoms with Crippen molar-refractivity contribution in [1.82, 2.24) is 0 Å². The van der Waals surface area contributed by atoms with Gasteiger partial charge in [0.1, 0.15) is 0 Å². The van der Waals surface area contributed by atoms with Gasteiger partial charge in [-0.3, -0.25) is 0 Å². The predicted octanol–water partition coefficient (Wildman–Crippen LogP) is 3.93. The van der Waals surface area contributed by atoms with Gasteiger partial charge in [0.2, 0.25) is 0 Å². The predicted molar refractivity (Wildman–Crippen MR) is 57.5 cm³/mol. The largest absolute Gasteiger partial charge is 0.238 e. The highest BCUT2D eigenvalue weighted by atomic mass is 15.1. The topological polar surface area (TPSA) is 53.1 Å². The molecule has 0 aromatic heterocycles. The molecule has 74 valence electrons. The summed E-state index contributed by atoms with van der Waals surface area (Å²) in [6.07, 6.45) is 2.80. The molecule has 1 aliphatic rings. The lowest BCUT2D eigenvalue weighted by Gasteiger charge is -2.22. The van der Waals surface area contributed by atoms with Crippen molar-refractivity contribution in [2.45, 2.75) is 25.3 Å². The lowest BCUT2D eigenvalue weighted by atomic mass is 9.87. The third-order valence-corrected chi connectivity index (χ3v) is 2.76. The van der Waals surface area contributed by atoms with Crippen molar-refractivity contribution < 1.29 is 0 Å². The van der Waals surface area contributed by atoms with E-state index >= 15 is 0 Å². The van der Waals surface area contributed by atoms with Crippen molar-refractivity contribution >= 4 is 5.69 Å². The van der Waals surface area contributed by atoms with E-state index in [0.29, 0.717) is 5.69 Å². The molecule has 0 radical (unpaired) electrons. The molecule has 15 heavy (non-hydrogen) atoms. The highest BCUT2D eigenvalue weighted by Crippen LogP contribution is 2.37. The molecule has 0 bridgehead atoms. The van der Waals surface area contributed by atoms with E-state index in [-0.39, 0.29) is 6.04 Å². The monoisotopic (exact) mass is 198 g/mol. The van der Waals surface area contributed by atoms with Gasteiger partial charge < -0.3 is 0 Å². The maximum atomic E-state index is 8.47. The summed E-state index contributed by atoms with van der Waals surface area (Å²) in [7, 11) is 0. The van der Waals surface area contributed by atoms with Gasteiger partial charge in [0.05, 0.1) is 12.6 Å². The third-order valence-electron chi connectivity index (χ3n) is 2.76. The fraction of sp³-hybridized carbons (Fsp3) is 0.364. The Bertz CT molecular complexity index is 466. The molecule has 0 aliphatic heterocycles. The van der Waals surface area contributed by atoms with Crippen LogP contribution in [-0.4, -0.2) is 0 Å². The molecule has 0 unspecified atom stereocenters. The van der Waals surface area contributed by atoms with Crippen LogP contribution in [-0.2, 0) is 6.42 Å². The molecule has 0 N–H and O–H groups in total. The summed E-state index contributed by atoms with van der Waals surface area (Å²) >= 11 is 0. The zero-order chi connectivity index (χ0) is 10.7. The maximum absolute atomic E-state index is 8.47. The van der Waals surface area contributed by atoms with Crippen molar-refractivity contribution in [2.75, 3.05) is 0 Å². The number of azide groups is 1. The summed E-state index contributed by atoms with van der Waals surface area (Å²) in [6.45, 7) is 7.07. The first-order chi connectivity index (χ1) is 7.36. The molecule has 1 aromatic carbocycles. The summed E-state index contributed by atoms with van der Waals surface area (Å²) in [5.41, 5.74) is 11.3. The van der Waals surface area contributed by atoms with Crippen molar-refractivity contribution in [1.29, 1.82) is 0 Å². The van der Waals surface area contributed by atoms with Gasteiger partial charge in [-0.05, 0) is 35.9 Å². The highest BCUT2D eigenvalue weighted by Gasteiger charge is 2.20. The van der Waals surface area contributed by atoms with Crippen LogP contribution < -0.4 is 0 Å². The Labute approximate surface area is 88.0 Å². The summed E-state index contributed by atoms with van der Waals surface area (Å²) in [5, 5.41) is 3.78. The van der Waals surface area contributed by atoms with E-state index in [0.717, 1.165) is 30.4 Å². The molecule has 4 heteroatoms. The lowest BCUT2D eigenvalue weighted by molar-refractivity contribution is 0.569. The van der Waals surface area contributed by atoms with E-state index in [2.05, 4.69) is 14.9 Å². The van der Waals surface area contributed by atoms with E-state index in [1.54, 1.807) is 0 Å². The third kappa shape index (κ3) is 1.65. The van der Waals surface area contributed by atoms with Crippen molar-refractivity contribution in [2.24, 2.45) is 5.11 Å². The van der Waals surface area contributed by atoms with E-state index in [1.807, 2.05) is 18.2 Å². The second-order valence-corrected chi connectivity index (χ2v) is 3.57. The van der Waals surface area contributed by atoms with Gasteiger partial charge in [-0.15, -0.1) is 0 Å². The minimum atomic E-state index is -0.0829. The summed E-state index contributed by atoms with van der Waals surface area (Å²) in [6, 6.07) is 5.56. The number of hydrogen-bond acceptors (Lipinski definition) is 1. The summed E-state index contributed by atoms with van der Waals surface area (Å²) in [5.74, 6) is 0. The van der Waals surface area contributed by atoms with Crippen LogP contribution in [0.15, 0.2) is 23.3 Å². The van der Waals surface area contributed by atoms with Crippen LogP contribution in [0.4, 0.5) is 5.69 Å². The van der Waals surface area contributed by atoms with E-state index in [4.69, 9.17) is 12.1 Å². The van der Waals surface area contributed by atoms with Gasteiger partial charge in [0.15, 0.2) is 5.69 Å². The Kier molecular flexibility index (Phi) is 2.57. The molecule has 4 nitrogen and oxygen atoms in total. The van der Waals surface area contributed by atoms with Gasteiger partial charge in [-0.2, -0.15) is 0 Å². The molecule has 0 spiro atoms. The zero-order valence-corrected chi connectivity index (χ0v) is 8.22. The Morgan fingerprint density at radius 1 is 1.47 bits per heavy atom. The van der Waals surface area contributed by atoms with E-state index in [9.17, 15) is 0 Å². The lowest BCUT2D eigenvalue weighted by Crippen LogP contribution is -2.07. The van der Waals surface area contributed by atoms with Gasteiger partial charge >= 0.3 is 0 Å². The molecule has 0 saturated heterocycles. The first kappa shape index (κ1) is 9.57. The second kappa shape index (κ2) is 4.04. The molecule has 1 aromatic rings. The maximum Gasteiger partial charge on any atom is 0.190 e. The number of hydrogen-bond donors (Lipinski definition) is 0. The van der Waals surface area contributed by atoms with Gasteiger partial charge in [0, 0.05) is 4.91 Å². The summed E-state index contributed by atoms with van der Waals surface area (Å²) < 4.78 is 0. The van der Waals surface area contributed by atoms with Gasteiger partial charge in [-0.1, -0.05) is 23.3 Å². The Morgan fingerprint density at radius 2 is 2.33 bits per heavy atom. The second-order valence-electron chi connectivity index (χ2n) is 3.57. The van der Waals surface area contributed by atoms with Crippen LogP contribution in [0.2, 0.25) is 0 Å². The zero-order valence-electron chi connectivity index (χ0n) is 8.22. The fourth-order valence-electron chi connectivity index (χ4n) is 2.09. The number of rotatable bonds is 1. The smallest absolute Gasteiger partial charge is 0.190 e. The standard InChI is InChI=1S/C11H10N4/c1-13-10-6-2-5-9-8(10)4-3-7-11(9)14-15-12/h2,5-6,11H,3-4,7H2/t11-/m1/s1. The average Bonchev–Trinajstić information content (AvgIpc) is 2.29. The van der Waals surface area contributed by atoms with Crippen LogP contribution in [0.5, 0.6) is 0 Å². The Hall–Kier alpha value is -1.98. The van der Waals surface area contributed by atoms with E-state index < -0.39 is 0 Å². The van der Waals surface area contributed by atoms with Crippen LogP contribution in [0.1, 0.15) is 30.0 Å². The molecule has 0 heterocycles. The molecule has 0 fully saturated rings. The van der Waals surface area contributed by atoms with Crippen LogP contribution in [0.3, 0.4) is 0 Å². The molecule has 1 aliphatic carbocycles. The molecule has 0 amide bonds. The van der Waals surface area contributed by atoms with E-state index in [1.165, 1.54) is 0 Å². The molecule has 1 atom stereocenters. The van der Waals surface area contributed by atoms with Gasteiger partial charge in [0.25, 0.3) is 0 Å². The SMILES string of the molecule is [C-]#[N+]c1cccc2c1CCC[C@H]2N=[N+]=[N-]. The average molecular weight is 198 g/mol.